The van der Waals surface area contributed by atoms with Crippen molar-refractivity contribution in [1.82, 2.24) is 0 Å². The second-order valence-electron chi connectivity index (χ2n) is 5.19. The van der Waals surface area contributed by atoms with Crippen molar-refractivity contribution in [2.24, 2.45) is 0 Å². The molecule has 1 amide bonds. The zero-order valence-electron chi connectivity index (χ0n) is 13.2. The number of amides is 1. The van der Waals surface area contributed by atoms with E-state index in [4.69, 9.17) is 0 Å². The number of nitro benzene ring substituents is 1. The van der Waals surface area contributed by atoms with E-state index in [0.717, 1.165) is 18.2 Å². The fourth-order valence-corrected chi connectivity index (χ4v) is 3.39. The van der Waals surface area contributed by atoms with Crippen molar-refractivity contribution in [3.05, 3.63) is 57.9 Å². The number of aryl methyl sites for hydroxylation is 1. The van der Waals surface area contributed by atoms with Crippen molar-refractivity contribution in [1.29, 1.82) is 0 Å². The van der Waals surface area contributed by atoms with Crippen molar-refractivity contribution in [3.63, 3.8) is 0 Å². The molecule has 2 N–H and O–H groups in total. The molecule has 0 heterocycles. The first-order chi connectivity index (χ1) is 11.6. The SMILES string of the molecule is CC(=O)Nc1cc(NS(=O)(=O)c2cc([N+](=O)[O-])ccc2C)ccc1F. The van der Waals surface area contributed by atoms with Crippen LogP contribution in [-0.4, -0.2) is 19.2 Å². The number of rotatable bonds is 5. The summed E-state index contributed by atoms with van der Waals surface area (Å²) < 4.78 is 40.8. The van der Waals surface area contributed by atoms with Crippen LogP contribution in [0.15, 0.2) is 41.3 Å². The van der Waals surface area contributed by atoms with Crippen LogP contribution in [0.3, 0.4) is 0 Å². The third-order valence-electron chi connectivity index (χ3n) is 3.20. The number of anilines is 2. The molecule has 0 saturated heterocycles. The molecule has 0 atom stereocenters. The maximum Gasteiger partial charge on any atom is 0.270 e. The highest BCUT2D eigenvalue weighted by Crippen LogP contribution is 2.26. The minimum Gasteiger partial charge on any atom is -0.324 e. The highest BCUT2D eigenvalue weighted by atomic mass is 32.2. The van der Waals surface area contributed by atoms with Crippen molar-refractivity contribution >= 4 is 33.0 Å². The predicted molar refractivity (Wildman–Crippen MR) is 89.3 cm³/mol. The van der Waals surface area contributed by atoms with E-state index in [1.165, 1.54) is 32.0 Å². The van der Waals surface area contributed by atoms with Gasteiger partial charge in [0.05, 0.1) is 21.2 Å². The molecule has 0 unspecified atom stereocenters. The van der Waals surface area contributed by atoms with Crippen LogP contribution in [0.4, 0.5) is 21.5 Å². The average molecular weight is 367 g/mol. The molecule has 0 aliphatic carbocycles. The van der Waals surface area contributed by atoms with Crippen LogP contribution in [-0.2, 0) is 14.8 Å². The number of carbonyl (C=O) groups is 1. The van der Waals surface area contributed by atoms with Gasteiger partial charge in [0.2, 0.25) is 5.91 Å². The predicted octanol–water partition coefficient (Wildman–Crippen LogP) is 2.80. The maximum absolute atomic E-state index is 13.6. The van der Waals surface area contributed by atoms with Gasteiger partial charge in [-0.25, -0.2) is 12.8 Å². The summed E-state index contributed by atoms with van der Waals surface area (Å²) in [5.74, 6) is -1.25. The normalized spacial score (nSPS) is 11.0. The van der Waals surface area contributed by atoms with E-state index < -0.39 is 26.7 Å². The molecular formula is C15H14FN3O5S. The summed E-state index contributed by atoms with van der Waals surface area (Å²) in [6.45, 7) is 2.68. The molecule has 2 rings (SSSR count). The molecular weight excluding hydrogens is 353 g/mol. The van der Waals surface area contributed by atoms with Gasteiger partial charge in [0.25, 0.3) is 15.7 Å². The smallest absolute Gasteiger partial charge is 0.270 e. The Balaban J connectivity index is 2.41. The summed E-state index contributed by atoms with van der Waals surface area (Å²) in [4.78, 5) is 20.9. The van der Waals surface area contributed by atoms with Gasteiger partial charge in [-0.15, -0.1) is 0 Å². The number of non-ortho nitro benzene ring substituents is 1. The van der Waals surface area contributed by atoms with E-state index in [2.05, 4.69) is 10.0 Å². The zero-order valence-corrected chi connectivity index (χ0v) is 14.1. The van der Waals surface area contributed by atoms with E-state index in [9.17, 15) is 27.7 Å². The molecule has 8 nitrogen and oxygen atoms in total. The number of hydrogen-bond acceptors (Lipinski definition) is 5. The topological polar surface area (TPSA) is 118 Å². The monoisotopic (exact) mass is 367 g/mol. The van der Waals surface area contributed by atoms with Crippen molar-refractivity contribution < 1.29 is 22.5 Å². The summed E-state index contributed by atoms with van der Waals surface area (Å²) in [5, 5.41) is 13.1. The Morgan fingerprint density at radius 2 is 1.88 bits per heavy atom. The molecule has 0 aliphatic rings. The first-order valence-corrected chi connectivity index (χ1v) is 8.43. The Bertz CT molecular complexity index is 960. The minimum atomic E-state index is -4.15. The quantitative estimate of drug-likeness (QED) is 0.622. The highest BCUT2D eigenvalue weighted by Gasteiger charge is 2.21. The number of nitrogens with zero attached hydrogens (tertiary/aromatic N) is 1. The number of halogens is 1. The molecule has 0 spiro atoms. The van der Waals surface area contributed by atoms with Crippen LogP contribution in [0.5, 0.6) is 0 Å². The number of carbonyl (C=O) groups excluding carboxylic acids is 1. The number of hydrogen-bond donors (Lipinski definition) is 2. The fourth-order valence-electron chi connectivity index (χ4n) is 2.08. The third kappa shape index (κ3) is 4.29. The maximum atomic E-state index is 13.6. The first kappa shape index (κ1) is 18.3. The summed E-state index contributed by atoms with van der Waals surface area (Å²) in [6.07, 6.45) is 0. The standard InChI is InChI=1S/C15H14FN3O5S/c1-9-3-5-12(19(21)22)8-15(9)25(23,24)18-11-4-6-13(16)14(7-11)17-10(2)20/h3-8,18H,1-2H3,(H,17,20). The lowest BCUT2D eigenvalue weighted by atomic mass is 10.2. The van der Waals surface area contributed by atoms with Crippen molar-refractivity contribution in [2.75, 3.05) is 10.0 Å². The molecule has 0 aliphatic heterocycles. The summed E-state index contributed by atoms with van der Waals surface area (Å²) in [5.41, 5.74) is -0.258. The molecule has 2 aromatic carbocycles. The largest absolute Gasteiger partial charge is 0.324 e. The third-order valence-corrected chi connectivity index (χ3v) is 4.72. The Morgan fingerprint density at radius 1 is 1.20 bits per heavy atom. The lowest BCUT2D eigenvalue weighted by Gasteiger charge is -2.12. The number of nitro groups is 1. The highest BCUT2D eigenvalue weighted by molar-refractivity contribution is 7.92. The summed E-state index contributed by atoms with van der Waals surface area (Å²) >= 11 is 0. The van der Waals surface area contributed by atoms with Crippen LogP contribution < -0.4 is 10.0 Å². The van der Waals surface area contributed by atoms with Crippen LogP contribution in [0.1, 0.15) is 12.5 Å². The molecule has 2 aromatic rings. The minimum absolute atomic E-state index is 0.00365. The number of sulfonamides is 1. The van der Waals surface area contributed by atoms with Gasteiger partial charge in [-0.3, -0.25) is 19.6 Å². The average Bonchev–Trinajstić information content (AvgIpc) is 2.49. The molecule has 0 bridgehead atoms. The number of benzene rings is 2. The van der Waals surface area contributed by atoms with Crippen LogP contribution >= 0.6 is 0 Å². The first-order valence-electron chi connectivity index (χ1n) is 6.95. The van der Waals surface area contributed by atoms with E-state index in [1.807, 2.05) is 0 Å². The molecule has 132 valence electrons. The van der Waals surface area contributed by atoms with Gasteiger partial charge in [0, 0.05) is 19.1 Å². The number of nitrogens with one attached hydrogen (secondary N) is 2. The van der Waals surface area contributed by atoms with Gasteiger partial charge in [-0.05, 0) is 30.7 Å². The molecule has 0 aromatic heterocycles. The van der Waals surface area contributed by atoms with E-state index in [0.29, 0.717) is 5.56 Å². The lowest BCUT2D eigenvalue weighted by molar-refractivity contribution is -0.385. The van der Waals surface area contributed by atoms with Crippen LogP contribution in [0.25, 0.3) is 0 Å². The van der Waals surface area contributed by atoms with Gasteiger partial charge in [0.1, 0.15) is 5.82 Å². The van der Waals surface area contributed by atoms with Crippen LogP contribution in [0.2, 0.25) is 0 Å². The zero-order chi connectivity index (χ0) is 18.8. The molecule has 0 saturated carbocycles. The van der Waals surface area contributed by atoms with Crippen molar-refractivity contribution in [2.45, 2.75) is 18.7 Å². The van der Waals surface area contributed by atoms with Gasteiger partial charge in [-0.1, -0.05) is 6.07 Å². The lowest BCUT2D eigenvalue weighted by Crippen LogP contribution is -2.15. The Kier molecular flexibility index (Phi) is 5.02. The van der Waals surface area contributed by atoms with E-state index in [1.54, 1.807) is 0 Å². The van der Waals surface area contributed by atoms with Gasteiger partial charge in [-0.2, -0.15) is 0 Å². The Morgan fingerprint density at radius 3 is 2.48 bits per heavy atom. The van der Waals surface area contributed by atoms with Crippen molar-refractivity contribution in [3.8, 4) is 0 Å². The Labute approximate surface area is 142 Å². The second kappa shape index (κ2) is 6.85. The summed E-state index contributed by atoms with van der Waals surface area (Å²) in [7, 11) is -4.15. The fraction of sp³-hybridized carbons (Fsp3) is 0.133. The van der Waals surface area contributed by atoms with Gasteiger partial charge >= 0.3 is 0 Å². The van der Waals surface area contributed by atoms with Crippen LogP contribution in [0, 0.1) is 22.9 Å². The summed E-state index contributed by atoms with van der Waals surface area (Å²) in [6, 6.07) is 6.73. The van der Waals surface area contributed by atoms with Gasteiger partial charge < -0.3 is 5.32 Å². The van der Waals surface area contributed by atoms with E-state index >= 15 is 0 Å². The Hall–Kier alpha value is -3.01. The van der Waals surface area contributed by atoms with Gasteiger partial charge in [0.15, 0.2) is 0 Å². The second-order valence-corrected chi connectivity index (χ2v) is 6.84. The molecule has 25 heavy (non-hydrogen) atoms. The van der Waals surface area contributed by atoms with E-state index in [-0.39, 0.29) is 22.0 Å². The molecule has 0 radical (unpaired) electrons. The molecule has 10 heteroatoms. The molecule has 0 fully saturated rings.